The second-order valence-electron chi connectivity index (χ2n) is 12.4. The lowest BCUT2D eigenvalue weighted by atomic mass is 9.80. The summed E-state index contributed by atoms with van der Waals surface area (Å²) >= 11 is 14.0. The molecule has 0 aliphatic rings. The molecule has 4 N–H and O–H groups in total. The molecule has 1 aromatic heterocycles. The van der Waals surface area contributed by atoms with Gasteiger partial charge in [0.1, 0.15) is 10.7 Å². The number of primary sulfonamides is 1. The van der Waals surface area contributed by atoms with Gasteiger partial charge in [0.05, 0.1) is 57.8 Å². The van der Waals surface area contributed by atoms with Gasteiger partial charge in [-0.15, -0.1) is 0 Å². The van der Waals surface area contributed by atoms with Crippen molar-refractivity contribution in [2.24, 2.45) is 5.14 Å². The maximum atomic E-state index is 15.3. The summed E-state index contributed by atoms with van der Waals surface area (Å²) in [5.41, 5.74) is 1.65. The quantitative estimate of drug-likeness (QED) is 0.115. The number of carbonyl (C=O) groups is 1. The van der Waals surface area contributed by atoms with Gasteiger partial charge in [-0.2, -0.15) is 0 Å². The maximum Gasteiger partial charge on any atom is 0.251 e. The van der Waals surface area contributed by atoms with Crippen molar-refractivity contribution >= 4 is 50.9 Å². The molecule has 0 saturated heterocycles. The first-order chi connectivity index (χ1) is 21.8. The largest absolute Gasteiger partial charge is 0.494 e. The number of H-pyrrole nitrogens is 1. The fraction of sp³-hybridized carbons (Fsp3) is 0.312. The molecule has 0 radical (unpaired) electrons. The van der Waals surface area contributed by atoms with Crippen molar-refractivity contribution in [2.45, 2.75) is 35.1 Å². The van der Waals surface area contributed by atoms with E-state index in [1.807, 2.05) is 35.0 Å². The highest BCUT2D eigenvalue weighted by Gasteiger charge is 2.32. The number of methoxy groups -OCH3 is 1. The molecule has 0 spiro atoms. The summed E-state index contributed by atoms with van der Waals surface area (Å²) in [6.07, 6.45) is 0. The molecular formula is C32H36Cl2F2N5O4S2+. The van der Waals surface area contributed by atoms with Crippen LogP contribution in [0.4, 0.5) is 8.78 Å². The highest BCUT2D eigenvalue weighted by molar-refractivity contribution is 7.98. The van der Waals surface area contributed by atoms with Gasteiger partial charge < -0.3 is 19.5 Å². The lowest BCUT2D eigenvalue weighted by Crippen LogP contribution is -2.41. The molecule has 1 amide bonds. The second-order valence-corrected chi connectivity index (χ2v) is 15.7. The van der Waals surface area contributed by atoms with Crippen molar-refractivity contribution in [2.75, 3.05) is 41.3 Å². The molecule has 9 nitrogen and oxygen atoms in total. The van der Waals surface area contributed by atoms with Crippen molar-refractivity contribution in [3.05, 3.63) is 92.6 Å². The van der Waals surface area contributed by atoms with Crippen LogP contribution in [0.15, 0.2) is 58.6 Å². The highest BCUT2D eigenvalue weighted by atomic mass is 35.5. The number of hydrogen-bond donors (Lipinski definition) is 3. The van der Waals surface area contributed by atoms with Crippen LogP contribution < -0.4 is 15.2 Å². The number of aromatic amines is 1. The molecule has 0 unspecified atom stereocenters. The van der Waals surface area contributed by atoms with Gasteiger partial charge in [0.2, 0.25) is 10.0 Å². The molecule has 4 aromatic rings. The molecule has 0 saturated carbocycles. The summed E-state index contributed by atoms with van der Waals surface area (Å²) in [6, 6.07) is 11.4. The van der Waals surface area contributed by atoms with Gasteiger partial charge in [0.15, 0.2) is 16.7 Å². The van der Waals surface area contributed by atoms with Crippen molar-refractivity contribution in [1.82, 2.24) is 15.3 Å². The van der Waals surface area contributed by atoms with E-state index in [1.54, 1.807) is 12.1 Å². The molecular weight excluding hydrogens is 691 g/mol. The number of ether oxygens (including phenoxy) is 1. The number of nitrogens with zero attached hydrogens (tertiary/aromatic N) is 2. The maximum absolute atomic E-state index is 15.3. The second kappa shape index (κ2) is 14.1. The summed E-state index contributed by atoms with van der Waals surface area (Å²) in [7, 11) is 3.31. The summed E-state index contributed by atoms with van der Waals surface area (Å²) < 4.78 is 59.4. The minimum Gasteiger partial charge on any atom is -0.494 e. The Morgan fingerprint density at radius 3 is 2.36 bits per heavy atom. The van der Waals surface area contributed by atoms with E-state index in [4.69, 9.17) is 38.1 Å². The Labute approximate surface area is 287 Å². The van der Waals surface area contributed by atoms with Crippen LogP contribution in [-0.4, -0.2) is 70.1 Å². The number of thioether (sulfide) groups is 1. The molecule has 3 aromatic carbocycles. The third-order valence-electron chi connectivity index (χ3n) is 7.52. The highest BCUT2D eigenvalue weighted by Crippen LogP contribution is 2.41. The van der Waals surface area contributed by atoms with Crippen LogP contribution in [0.5, 0.6) is 5.75 Å². The van der Waals surface area contributed by atoms with Crippen molar-refractivity contribution < 1.29 is 31.2 Å². The van der Waals surface area contributed by atoms with E-state index in [9.17, 15) is 17.6 Å². The number of nitrogens with two attached hydrogens (primary N) is 1. The number of amides is 1. The summed E-state index contributed by atoms with van der Waals surface area (Å²) in [6.45, 7) is 4.87. The lowest BCUT2D eigenvalue weighted by Gasteiger charge is -2.26. The zero-order valence-corrected chi connectivity index (χ0v) is 29.8. The van der Waals surface area contributed by atoms with Crippen molar-refractivity contribution in [1.29, 1.82) is 0 Å². The topological polar surface area (TPSA) is 127 Å². The first-order valence-corrected chi connectivity index (χ1v) is 17.6. The van der Waals surface area contributed by atoms with E-state index in [-0.39, 0.29) is 37.6 Å². The van der Waals surface area contributed by atoms with Gasteiger partial charge in [-0.05, 0) is 48.0 Å². The van der Waals surface area contributed by atoms with E-state index in [0.717, 1.165) is 6.07 Å². The number of carbonyl (C=O) groups excluding carboxylic acids is 1. The summed E-state index contributed by atoms with van der Waals surface area (Å²) in [5.74, 6) is -1.53. The standard InChI is InChI=1S/C32H35Cl2F2N5O4S2/c1-32(2,20-8-10-27(23(34)16-20)47(37,43)44)29-28(18-7-9-24(35)26(15-18)45-6)39-31(40-29)46-17-21-22(33)13-19(14-25(21)36)30(42)38-11-12-41(3,4)5/h7-10,13-16H,11-12,17H2,1-6H3,(H3-,37,38,39,40,42,43,44)/p+1. The van der Waals surface area contributed by atoms with Crippen LogP contribution in [0, 0.1) is 11.6 Å². The Hall–Kier alpha value is -3.20. The summed E-state index contributed by atoms with van der Waals surface area (Å²) in [5, 5.41) is 8.53. The average Bonchev–Trinajstić information content (AvgIpc) is 3.40. The third-order valence-corrected chi connectivity index (χ3v) is 10.1. The zero-order valence-electron chi connectivity index (χ0n) is 26.7. The molecule has 0 fully saturated rings. The van der Waals surface area contributed by atoms with Crippen LogP contribution in [0.25, 0.3) is 11.3 Å². The Morgan fingerprint density at radius 2 is 1.77 bits per heavy atom. The number of halogens is 4. The molecule has 1 heterocycles. The van der Waals surface area contributed by atoms with Crippen LogP contribution >= 0.6 is 35.0 Å². The minimum absolute atomic E-state index is 0.0134. The molecule has 0 atom stereocenters. The molecule has 0 aliphatic heterocycles. The third kappa shape index (κ3) is 8.64. The number of likely N-dealkylation sites (N-methyl/N-ethyl adjacent to an activating group) is 1. The normalized spacial score (nSPS) is 12.3. The van der Waals surface area contributed by atoms with Gasteiger partial charge in [0.25, 0.3) is 5.91 Å². The number of hydrogen-bond acceptors (Lipinski definition) is 6. The van der Waals surface area contributed by atoms with Crippen molar-refractivity contribution in [3.63, 3.8) is 0 Å². The van der Waals surface area contributed by atoms with Crippen LogP contribution in [-0.2, 0) is 21.2 Å². The Kier molecular flexibility index (Phi) is 11.0. The van der Waals surface area contributed by atoms with E-state index < -0.39 is 33.0 Å². The number of benzene rings is 3. The average molecular weight is 728 g/mol. The van der Waals surface area contributed by atoms with Crippen molar-refractivity contribution in [3.8, 4) is 17.0 Å². The molecule has 0 bridgehead atoms. The van der Waals surface area contributed by atoms with Gasteiger partial charge in [0, 0.05) is 32.9 Å². The van der Waals surface area contributed by atoms with E-state index in [0.29, 0.717) is 45.2 Å². The van der Waals surface area contributed by atoms with Gasteiger partial charge >= 0.3 is 0 Å². The van der Waals surface area contributed by atoms with Gasteiger partial charge in [-0.3, -0.25) is 4.79 Å². The first kappa shape index (κ1) is 36.6. The number of imidazole rings is 1. The number of sulfonamides is 1. The SMILES string of the molecule is COc1cc(-c2nc(SCc3c(F)cc(C(=O)NCC[N+](C)(C)C)cc3Cl)[nH]c2C(C)(C)c2ccc(S(N)(=O)=O)c(Cl)c2)ccc1F. The number of rotatable bonds is 12. The van der Waals surface area contributed by atoms with E-state index >= 15 is 4.39 Å². The molecule has 47 heavy (non-hydrogen) atoms. The first-order valence-electron chi connectivity index (χ1n) is 14.3. The number of nitrogens with one attached hydrogen (secondary N) is 2. The Bertz CT molecular complexity index is 1910. The lowest BCUT2D eigenvalue weighted by molar-refractivity contribution is -0.869. The van der Waals surface area contributed by atoms with Crippen LogP contribution in [0.1, 0.15) is 41.0 Å². The fourth-order valence-corrected chi connectivity index (χ4v) is 7.12. The number of quaternary nitrogens is 1. The molecule has 4 rings (SSSR count). The fourth-order valence-electron chi connectivity index (χ4n) is 4.77. The molecule has 252 valence electrons. The molecule has 0 aliphatic carbocycles. The molecule has 15 heteroatoms. The monoisotopic (exact) mass is 726 g/mol. The van der Waals surface area contributed by atoms with E-state index in [2.05, 4.69) is 10.3 Å². The van der Waals surface area contributed by atoms with Gasteiger partial charge in [-0.1, -0.05) is 54.9 Å². The summed E-state index contributed by atoms with van der Waals surface area (Å²) in [4.78, 5) is 20.5. The Morgan fingerprint density at radius 1 is 1.06 bits per heavy atom. The van der Waals surface area contributed by atoms with Gasteiger partial charge in [-0.25, -0.2) is 27.3 Å². The van der Waals surface area contributed by atoms with Crippen LogP contribution in [0.2, 0.25) is 10.0 Å². The zero-order chi connectivity index (χ0) is 34.9. The number of aromatic nitrogens is 2. The predicted octanol–water partition coefficient (Wildman–Crippen LogP) is 6.37. The predicted molar refractivity (Wildman–Crippen MR) is 182 cm³/mol. The van der Waals surface area contributed by atoms with E-state index in [1.165, 1.54) is 49.2 Å². The smallest absolute Gasteiger partial charge is 0.251 e. The minimum atomic E-state index is -4.05. The Balaban J connectivity index is 1.68. The van der Waals surface area contributed by atoms with Crippen LogP contribution in [0.3, 0.4) is 0 Å².